The van der Waals surface area contributed by atoms with Crippen molar-refractivity contribution in [2.24, 2.45) is 18.9 Å². The van der Waals surface area contributed by atoms with E-state index in [0.29, 0.717) is 11.0 Å². The number of likely N-dealkylation sites (tertiary alicyclic amines) is 1. The maximum atomic E-state index is 12.4. The van der Waals surface area contributed by atoms with Crippen molar-refractivity contribution in [1.82, 2.24) is 29.5 Å². The number of hydrogen-bond acceptors (Lipinski definition) is 5. The number of rotatable bonds is 4. The standard InChI is InChI=1S/C21H32N6O/c1-3-6-17-14-9-15(18-7-4-5-8-27(17)18)12-26(11-14)13-19-23-20-16(21(28)24-19)10-22-25(20)2/h10,14-15,17-18H,3-9,11-13H2,1-2H3,(H,23,24,28)/t14-,15+,17-,18-/m0/s1. The zero-order chi connectivity index (χ0) is 19.3. The highest BCUT2D eigenvalue weighted by molar-refractivity contribution is 5.72. The minimum absolute atomic E-state index is 0.0763. The van der Waals surface area contributed by atoms with Gasteiger partial charge in [-0.05, 0) is 44.1 Å². The van der Waals surface area contributed by atoms with E-state index in [1.807, 2.05) is 7.05 Å². The molecule has 1 N–H and O–H groups in total. The highest BCUT2D eigenvalue weighted by atomic mass is 16.1. The van der Waals surface area contributed by atoms with Gasteiger partial charge in [0.1, 0.15) is 11.2 Å². The van der Waals surface area contributed by atoms with E-state index in [1.165, 1.54) is 45.1 Å². The van der Waals surface area contributed by atoms with Crippen LogP contribution >= 0.6 is 0 Å². The molecule has 5 heterocycles. The quantitative estimate of drug-likeness (QED) is 0.875. The van der Waals surface area contributed by atoms with Crippen molar-refractivity contribution >= 4 is 11.0 Å². The molecule has 3 saturated heterocycles. The lowest BCUT2D eigenvalue weighted by atomic mass is 9.71. The topological polar surface area (TPSA) is 70.0 Å². The van der Waals surface area contributed by atoms with Crippen LogP contribution in [0.4, 0.5) is 0 Å². The highest BCUT2D eigenvalue weighted by Crippen LogP contribution is 2.42. The zero-order valence-corrected chi connectivity index (χ0v) is 17.1. The predicted molar refractivity (Wildman–Crippen MR) is 109 cm³/mol. The van der Waals surface area contributed by atoms with Gasteiger partial charge in [0, 0.05) is 32.2 Å². The maximum Gasteiger partial charge on any atom is 0.262 e. The van der Waals surface area contributed by atoms with Crippen molar-refractivity contribution in [2.45, 2.75) is 64.1 Å². The summed E-state index contributed by atoms with van der Waals surface area (Å²) >= 11 is 0. The first kappa shape index (κ1) is 18.3. The predicted octanol–water partition coefficient (Wildman–Crippen LogP) is 2.13. The van der Waals surface area contributed by atoms with Crippen molar-refractivity contribution in [3.63, 3.8) is 0 Å². The maximum absolute atomic E-state index is 12.4. The van der Waals surface area contributed by atoms with Crippen LogP contribution in [0.3, 0.4) is 0 Å². The summed E-state index contributed by atoms with van der Waals surface area (Å²) in [6.45, 7) is 6.61. The number of aromatic nitrogens is 4. The molecule has 0 aliphatic carbocycles. The normalized spacial score (nSPS) is 31.2. The van der Waals surface area contributed by atoms with E-state index in [2.05, 4.69) is 26.8 Å². The number of hydrogen-bond donors (Lipinski definition) is 1. The summed E-state index contributed by atoms with van der Waals surface area (Å²) in [4.78, 5) is 25.5. The van der Waals surface area contributed by atoms with Gasteiger partial charge >= 0.3 is 0 Å². The van der Waals surface area contributed by atoms with Gasteiger partial charge in [-0.3, -0.25) is 19.3 Å². The van der Waals surface area contributed by atoms with Crippen LogP contribution in [0.2, 0.25) is 0 Å². The van der Waals surface area contributed by atoms with Gasteiger partial charge in [0.15, 0.2) is 5.65 Å². The number of piperidine rings is 3. The first-order valence-electron chi connectivity index (χ1n) is 11.0. The van der Waals surface area contributed by atoms with Gasteiger partial charge in [-0.15, -0.1) is 0 Å². The fraction of sp³-hybridized carbons (Fsp3) is 0.762. The number of fused-ring (bicyclic) bond motifs is 5. The lowest BCUT2D eigenvalue weighted by Gasteiger charge is -2.57. The lowest BCUT2D eigenvalue weighted by Crippen LogP contribution is -2.63. The third-order valence-corrected chi connectivity index (χ3v) is 7.31. The summed E-state index contributed by atoms with van der Waals surface area (Å²) in [7, 11) is 1.84. The van der Waals surface area contributed by atoms with Crippen LogP contribution in [0.5, 0.6) is 0 Å². The van der Waals surface area contributed by atoms with Gasteiger partial charge in [-0.25, -0.2) is 4.98 Å². The minimum Gasteiger partial charge on any atom is -0.309 e. The zero-order valence-electron chi connectivity index (χ0n) is 17.1. The van der Waals surface area contributed by atoms with Crippen molar-refractivity contribution < 1.29 is 0 Å². The Morgan fingerprint density at radius 2 is 2.11 bits per heavy atom. The molecule has 3 aliphatic rings. The molecule has 28 heavy (non-hydrogen) atoms. The minimum atomic E-state index is -0.0763. The summed E-state index contributed by atoms with van der Waals surface area (Å²) in [5.74, 6) is 2.29. The molecular formula is C21H32N6O. The second kappa shape index (κ2) is 7.26. The molecule has 3 fully saturated rings. The molecule has 7 heteroatoms. The molecule has 0 amide bonds. The Hall–Kier alpha value is -1.73. The first-order chi connectivity index (χ1) is 13.6. The van der Waals surface area contributed by atoms with Crippen LogP contribution in [-0.2, 0) is 13.6 Å². The van der Waals surface area contributed by atoms with E-state index in [4.69, 9.17) is 4.98 Å². The molecule has 0 unspecified atom stereocenters. The largest absolute Gasteiger partial charge is 0.309 e. The van der Waals surface area contributed by atoms with Crippen molar-refractivity contribution in [3.8, 4) is 0 Å². The Balaban J connectivity index is 1.39. The van der Waals surface area contributed by atoms with Gasteiger partial charge in [0.05, 0.1) is 12.7 Å². The SMILES string of the molecule is CCC[C@H]1[C@H]2C[C@H](CN(Cc3nc4c(cnn4C)c(=O)[nH]3)C2)[C@@H]2CCCCN21. The van der Waals surface area contributed by atoms with Gasteiger partial charge in [0.25, 0.3) is 5.56 Å². The summed E-state index contributed by atoms with van der Waals surface area (Å²) in [6, 6.07) is 1.50. The molecule has 0 radical (unpaired) electrons. The Bertz CT molecular complexity index is 904. The molecule has 0 saturated carbocycles. The van der Waals surface area contributed by atoms with E-state index in [-0.39, 0.29) is 5.56 Å². The van der Waals surface area contributed by atoms with E-state index in [9.17, 15) is 4.79 Å². The molecule has 2 aromatic heterocycles. The van der Waals surface area contributed by atoms with E-state index in [0.717, 1.165) is 49.4 Å². The second-order valence-corrected chi connectivity index (χ2v) is 9.13. The molecule has 0 spiro atoms. The molecular weight excluding hydrogens is 352 g/mol. The van der Waals surface area contributed by atoms with Crippen molar-refractivity contribution in [1.29, 1.82) is 0 Å². The molecule has 0 aromatic carbocycles. The molecule has 2 aromatic rings. The van der Waals surface area contributed by atoms with Crippen LogP contribution in [0.25, 0.3) is 11.0 Å². The average molecular weight is 385 g/mol. The third-order valence-electron chi connectivity index (χ3n) is 7.31. The second-order valence-electron chi connectivity index (χ2n) is 9.13. The Labute approximate surface area is 166 Å². The summed E-state index contributed by atoms with van der Waals surface area (Å²) in [6.07, 6.45) is 9.68. The average Bonchev–Trinajstić information content (AvgIpc) is 3.07. The van der Waals surface area contributed by atoms with Crippen LogP contribution in [0.1, 0.15) is 51.3 Å². The summed E-state index contributed by atoms with van der Waals surface area (Å²) in [5, 5.41) is 4.75. The van der Waals surface area contributed by atoms with E-state index in [1.54, 1.807) is 10.9 Å². The highest BCUT2D eigenvalue weighted by Gasteiger charge is 2.46. The monoisotopic (exact) mass is 384 g/mol. The van der Waals surface area contributed by atoms with Crippen LogP contribution in [0.15, 0.2) is 11.0 Å². The summed E-state index contributed by atoms with van der Waals surface area (Å²) in [5.41, 5.74) is 0.603. The number of nitrogens with zero attached hydrogens (tertiary/aromatic N) is 5. The summed E-state index contributed by atoms with van der Waals surface area (Å²) < 4.78 is 1.69. The van der Waals surface area contributed by atoms with Crippen molar-refractivity contribution in [2.75, 3.05) is 19.6 Å². The van der Waals surface area contributed by atoms with E-state index >= 15 is 0 Å². The van der Waals surface area contributed by atoms with Crippen LogP contribution < -0.4 is 5.56 Å². The molecule has 3 aliphatic heterocycles. The molecule has 152 valence electrons. The molecule has 7 nitrogen and oxygen atoms in total. The number of H-pyrrole nitrogens is 1. The molecule has 2 bridgehead atoms. The lowest BCUT2D eigenvalue weighted by molar-refractivity contribution is -0.0761. The Morgan fingerprint density at radius 1 is 1.25 bits per heavy atom. The Kier molecular flexibility index (Phi) is 4.75. The van der Waals surface area contributed by atoms with Crippen molar-refractivity contribution in [3.05, 3.63) is 22.4 Å². The molecule has 5 rings (SSSR count). The first-order valence-corrected chi connectivity index (χ1v) is 11.0. The molecule has 4 atom stereocenters. The van der Waals surface area contributed by atoms with Crippen LogP contribution in [-0.4, -0.2) is 61.3 Å². The van der Waals surface area contributed by atoms with Crippen LogP contribution in [0, 0.1) is 11.8 Å². The number of nitrogens with one attached hydrogen (secondary N) is 1. The van der Waals surface area contributed by atoms with Gasteiger partial charge < -0.3 is 4.98 Å². The smallest absolute Gasteiger partial charge is 0.262 e. The Morgan fingerprint density at radius 3 is 2.96 bits per heavy atom. The third kappa shape index (κ3) is 3.08. The van der Waals surface area contributed by atoms with Gasteiger partial charge in [-0.2, -0.15) is 5.10 Å². The van der Waals surface area contributed by atoms with E-state index < -0.39 is 0 Å². The number of aromatic amines is 1. The fourth-order valence-corrected chi connectivity index (χ4v) is 6.19. The fourth-order valence-electron chi connectivity index (χ4n) is 6.19. The van der Waals surface area contributed by atoms with Gasteiger partial charge in [-0.1, -0.05) is 19.8 Å². The van der Waals surface area contributed by atoms with Gasteiger partial charge in [0.2, 0.25) is 0 Å². The number of aryl methyl sites for hydroxylation is 1.